The van der Waals surface area contributed by atoms with Crippen LogP contribution in [0.2, 0.25) is 0 Å². The molecule has 8 heteroatoms. The lowest BCUT2D eigenvalue weighted by Gasteiger charge is -2.45. The summed E-state index contributed by atoms with van der Waals surface area (Å²) in [4.78, 5) is 26.8. The Labute approximate surface area is 161 Å². The third kappa shape index (κ3) is 7.97. The minimum atomic E-state index is -0.497. The lowest BCUT2D eigenvalue weighted by molar-refractivity contribution is -0.0213. The molecule has 1 N–H and O–H groups in total. The van der Waals surface area contributed by atoms with E-state index in [4.69, 9.17) is 18.9 Å². The van der Waals surface area contributed by atoms with Gasteiger partial charge in [-0.1, -0.05) is 20.8 Å². The first kappa shape index (κ1) is 21.8. The van der Waals surface area contributed by atoms with E-state index in [9.17, 15) is 9.59 Å². The van der Waals surface area contributed by atoms with Crippen LogP contribution in [-0.4, -0.2) is 70.5 Å². The van der Waals surface area contributed by atoms with Crippen LogP contribution in [0.15, 0.2) is 4.99 Å². The maximum atomic E-state index is 12.2. The van der Waals surface area contributed by atoms with Gasteiger partial charge in [0.05, 0.1) is 32.5 Å². The Bertz CT molecular complexity index is 544. The van der Waals surface area contributed by atoms with Crippen molar-refractivity contribution in [2.24, 2.45) is 15.8 Å². The fourth-order valence-electron chi connectivity index (χ4n) is 4.15. The van der Waals surface area contributed by atoms with E-state index in [1.54, 1.807) is 13.2 Å². The number of rotatable bonds is 10. The van der Waals surface area contributed by atoms with Crippen molar-refractivity contribution in [3.05, 3.63) is 0 Å². The van der Waals surface area contributed by atoms with Crippen molar-refractivity contribution in [2.45, 2.75) is 58.3 Å². The Balaban J connectivity index is 1.81. The van der Waals surface area contributed by atoms with E-state index in [2.05, 4.69) is 31.1 Å². The monoisotopic (exact) mass is 384 g/mol. The Morgan fingerprint density at radius 1 is 1.33 bits per heavy atom. The summed E-state index contributed by atoms with van der Waals surface area (Å²) in [7, 11) is 1.55. The first-order valence-electron chi connectivity index (χ1n) is 9.45. The maximum Gasteiger partial charge on any atom is 0.407 e. The van der Waals surface area contributed by atoms with Gasteiger partial charge < -0.3 is 24.3 Å². The third-order valence-electron chi connectivity index (χ3n) is 4.95. The lowest BCUT2D eigenvalue weighted by Crippen LogP contribution is -2.45. The predicted molar refractivity (Wildman–Crippen MR) is 98.4 cm³/mol. The average Bonchev–Trinajstić information content (AvgIpc) is 3.36. The number of carbonyl (C=O) groups excluding carboxylic acids is 2. The number of carbonyl (C=O) groups is 1. The van der Waals surface area contributed by atoms with Crippen LogP contribution in [-0.2, 0) is 23.7 Å². The van der Waals surface area contributed by atoms with Gasteiger partial charge in [-0.25, -0.2) is 14.6 Å². The van der Waals surface area contributed by atoms with Crippen molar-refractivity contribution >= 4 is 12.2 Å². The molecule has 0 aromatic heterocycles. The fourth-order valence-corrected chi connectivity index (χ4v) is 4.15. The smallest absolute Gasteiger partial charge is 0.407 e. The van der Waals surface area contributed by atoms with E-state index in [-0.39, 0.29) is 36.2 Å². The number of aliphatic imine (C=N–C) groups is 1. The molecule has 4 atom stereocenters. The largest absolute Gasteiger partial charge is 0.441 e. The molecule has 1 aliphatic carbocycles. The van der Waals surface area contributed by atoms with Crippen LogP contribution in [0, 0.1) is 10.8 Å². The molecule has 0 radical (unpaired) electrons. The first-order chi connectivity index (χ1) is 12.8. The van der Waals surface area contributed by atoms with Crippen molar-refractivity contribution in [3.8, 4) is 0 Å². The topological polar surface area (TPSA) is 98.8 Å². The fraction of sp³-hybridized carbons (Fsp3) is 0.895. The molecule has 8 nitrogen and oxygen atoms in total. The molecule has 0 spiro atoms. The summed E-state index contributed by atoms with van der Waals surface area (Å²) >= 11 is 0. The number of alkyl carbamates (subject to hydrolysis) is 1. The van der Waals surface area contributed by atoms with Gasteiger partial charge in [-0.15, -0.1) is 0 Å². The van der Waals surface area contributed by atoms with Gasteiger partial charge in [-0.3, -0.25) is 0 Å². The summed E-state index contributed by atoms with van der Waals surface area (Å²) in [5.74, 6) is 0. The minimum absolute atomic E-state index is 0.0426. The molecule has 27 heavy (non-hydrogen) atoms. The summed E-state index contributed by atoms with van der Waals surface area (Å²) in [5.41, 5.74) is -0.122. The number of epoxide rings is 1. The highest BCUT2D eigenvalue weighted by Gasteiger charge is 2.41. The zero-order chi connectivity index (χ0) is 19.9. The van der Waals surface area contributed by atoms with Gasteiger partial charge in [0.2, 0.25) is 6.08 Å². The third-order valence-corrected chi connectivity index (χ3v) is 4.95. The molecule has 0 bridgehead atoms. The zero-order valence-corrected chi connectivity index (χ0v) is 16.8. The molecule has 0 aromatic rings. The molecule has 2 fully saturated rings. The number of nitrogens with one attached hydrogen (secondary N) is 1. The summed E-state index contributed by atoms with van der Waals surface area (Å²) in [5, 5.41) is 2.86. The van der Waals surface area contributed by atoms with Crippen molar-refractivity contribution < 1.29 is 28.5 Å². The highest BCUT2D eigenvalue weighted by Crippen LogP contribution is 2.46. The van der Waals surface area contributed by atoms with Crippen molar-refractivity contribution in [2.75, 3.05) is 40.1 Å². The second-order valence-corrected chi connectivity index (χ2v) is 8.76. The minimum Gasteiger partial charge on any atom is -0.441 e. The Kier molecular flexibility index (Phi) is 7.79. The molecule has 1 amide bonds. The number of nitrogens with zero attached hydrogens (tertiary/aromatic N) is 1. The van der Waals surface area contributed by atoms with Crippen LogP contribution >= 0.6 is 0 Å². The van der Waals surface area contributed by atoms with E-state index >= 15 is 0 Å². The lowest BCUT2D eigenvalue weighted by atomic mass is 9.63. The molecule has 1 aliphatic heterocycles. The molecule has 4 unspecified atom stereocenters. The van der Waals surface area contributed by atoms with E-state index in [0.717, 1.165) is 25.9 Å². The van der Waals surface area contributed by atoms with Crippen LogP contribution in [0.1, 0.15) is 40.0 Å². The van der Waals surface area contributed by atoms with Crippen molar-refractivity contribution in [1.29, 1.82) is 0 Å². The number of methoxy groups -OCH3 is 1. The van der Waals surface area contributed by atoms with Gasteiger partial charge in [0.1, 0.15) is 6.10 Å². The van der Waals surface area contributed by atoms with Crippen LogP contribution in [0.3, 0.4) is 0 Å². The van der Waals surface area contributed by atoms with Crippen LogP contribution in [0.4, 0.5) is 4.79 Å². The van der Waals surface area contributed by atoms with Crippen LogP contribution in [0.5, 0.6) is 0 Å². The second-order valence-electron chi connectivity index (χ2n) is 8.76. The van der Waals surface area contributed by atoms with Crippen LogP contribution in [0.25, 0.3) is 0 Å². The number of amides is 1. The Morgan fingerprint density at radius 2 is 2.07 bits per heavy atom. The molecule has 0 aromatic carbocycles. The molecule has 1 saturated heterocycles. The summed E-state index contributed by atoms with van der Waals surface area (Å²) in [6, 6.07) is -0.0617. The van der Waals surface area contributed by atoms with Crippen LogP contribution < -0.4 is 5.32 Å². The normalized spacial score (nSPS) is 30.1. The van der Waals surface area contributed by atoms with Gasteiger partial charge in [0.15, 0.2) is 6.10 Å². The SMILES string of the molecule is COCC(COCC1CO1)OC(=O)NCC1(C)CC(N=C=O)CC(C)(C)C1. The number of ether oxygens (including phenoxy) is 4. The number of isocyanates is 1. The molecule has 2 rings (SSSR count). The predicted octanol–water partition coefficient (Wildman–Crippen LogP) is 2.06. The van der Waals surface area contributed by atoms with Gasteiger partial charge in [0.25, 0.3) is 0 Å². The van der Waals surface area contributed by atoms with Crippen molar-refractivity contribution in [3.63, 3.8) is 0 Å². The van der Waals surface area contributed by atoms with Crippen molar-refractivity contribution in [1.82, 2.24) is 5.32 Å². The highest BCUT2D eigenvalue weighted by molar-refractivity contribution is 5.67. The molecule has 1 saturated carbocycles. The summed E-state index contributed by atoms with van der Waals surface area (Å²) < 4.78 is 21.1. The summed E-state index contributed by atoms with van der Waals surface area (Å²) in [6.07, 6.45) is 3.38. The summed E-state index contributed by atoms with van der Waals surface area (Å²) in [6.45, 7) is 8.62. The number of hydrogen-bond acceptors (Lipinski definition) is 7. The molecular formula is C19H32N2O6. The quantitative estimate of drug-likeness (QED) is 0.352. The van der Waals surface area contributed by atoms with E-state index < -0.39 is 12.2 Å². The molecule has 154 valence electrons. The number of hydrogen-bond donors (Lipinski definition) is 1. The van der Waals surface area contributed by atoms with E-state index in [0.29, 0.717) is 13.2 Å². The first-order valence-corrected chi connectivity index (χ1v) is 9.45. The molecular weight excluding hydrogens is 352 g/mol. The molecule has 2 aliphatic rings. The van der Waals surface area contributed by atoms with Gasteiger partial charge >= 0.3 is 6.09 Å². The Hall–Kier alpha value is -1.47. The molecule has 1 heterocycles. The van der Waals surface area contributed by atoms with Gasteiger partial charge in [-0.2, -0.15) is 0 Å². The van der Waals surface area contributed by atoms with E-state index in [1.807, 2.05) is 0 Å². The highest BCUT2D eigenvalue weighted by atomic mass is 16.6. The zero-order valence-electron chi connectivity index (χ0n) is 16.8. The Morgan fingerprint density at radius 3 is 2.70 bits per heavy atom. The van der Waals surface area contributed by atoms with E-state index in [1.165, 1.54) is 0 Å². The van der Waals surface area contributed by atoms with Gasteiger partial charge in [0, 0.05) is 13.7 Å². The maximum absolute atomic E-state index is 12.2. The van der Waals surface area contributed by atoms with Gasteiger partial charge in [-0.05, 0) is 30.1 Å². The average molecular weight is 384 g/mol. The second kappa shape index (κ2) is 9.64. The standard InChI is InChI=1S/C19H32N2O6/c1-18(2)5-14(21-13-22)6-19(3,11-18)12-20-17(23)27-16(7-24-4)9-25-8-15-10-26-15/h14-16H,5-12H2,1-4H3,(H,20,23).